The van der Waals surface area contributed by atoms with Gasteiger partial charge in [-0.05, 0) is 25.1 Å². The summed E-state index contributed by atoms with van der Waals surface area (Å²) in [6, 6.07) is 5.36. The van der Waals surface area contributed by atoms with E-state index < -0.39 is 11.9 Å². The summed E-state index contributed by atoms with van der Waals surface area (Å²) in [5, 5.41) is 11.0. The lowest BCUT2D eigenvalue weighted by atomic mass is 10.0. The number of nitrogens with zero attached hydrogens (tertiary/aromatic N) is 5. The monoisotopic (exact) mass is 325 g/mol. The molecule has 0 N–H and O–H groups in total. The van der Waals surface area contributed by atoms with Gasteiger partial charge in [-0.25, -0.2) is 4.68 Å². The van der Waals surface area contributed by atoms with Gasteiger partial charge in [-0.1, -0.05) is 0 Å². The summed E-state index contributed by atoms with van der Waals surface area (Å²) in [6.45, 7) is 3.48. The van der Waals surface area contributed by atoms with E-state index >= 15 is 0 Å². The van der Waals surface area contributed by atoms with E-state index in [1.54, 1.807) is 13.0 Å². The highest BCUT2D eigenvalue weighted by atomic mass is 19.4. The van der Waals surface area contributed by atoms with Crippen LogP contribution in [0.3, 0.4) is 0 Å². The maximum Gasteiger partial charge on any atom is 0.435 e. The third-order valence-corrected chi connectivity index (χ3v) is 3.65. The molecule has 0 bridgehead atoms. The molecule has 1 aliphatic rings. The number of hydrogen-bond donors (Lipinski definition) is 0. The first-order chi connectivity index (χ1) is 10.8. The van der Waals surface area contributed by atoms with Crippen molar-refractivity contribution in [1.82, 2.24) is 20.0 Å². The normalized spacial score (nSPS) is 15.6. The summed E-state index contributed by atoms with van der Waals surface area (Å²) in [4.78, 5) is 13.5. The van der Waals surface area contributed by atoms with Crippen LogP contribution in [-0.4, -0.2) is 33.1 Å². The Balaban J connectivity index is 1.61. The van der Waals surface area contributed by atoms with E-state index in [1.165, 1.54) is 16.8 Å². The molecule has 0 amide bonds. The first kappa shape index (κ1) is 15.4. The van der Waals surface area contributed by atoms with Crippen molar-refractivity contribution in [2.45, 2.75) is 19.6 Å². The molecule has 0 unspecified atom stereocenters. The van der Waals surface area contributed by atoms with E-state index in [4.69, 9.17) is 0 Å². The summed E-state index contributed by atoms with van der Waals surface area (Å²) in [7, 11) is 0. The van der Waals surface area contributed by atoms with Crippen molar-refractivity contribution >= 4 is 5.82 Å². The van der Waals surface area contributed by atoms with Gasteiger partial charge in [-0.3, -0.25) is 4.79 Å². The fourth-order valence-electron chi connectivity index (χ4n) is 2.44. The number of halogens is 3. The minimum atomic E-state index is -4.49. The molecule has 0 atom stereocenters. The van der Waals surface area contributed by atoms with Crippen molar-refractivity contribution in [2.75, 3.05) is 18.0 Å². The van der Waals surface area contributed by atoms with E-state index in [0.717, 1.165) is 11.8 Å². The number of rotatable bonds is 3. The van der Waals surface area contributed by atoms with Gasteiger partial charge in [0.1, 0.15) is 0 Å². The van der Waals surface area contributed by atoms with Crippen LogP contribution in [-0.2, 0) is 12.7 Å². The van der Waals surface area contributed by atoms with Crippen molar-refractivity contribution in [3.8, 4) is 0 Å². The fourth-order valence-corrected chi connectivity index (χ4v) is 2.44. The van der Waals surface area contributed by atoms with Crippen molar-refractivity contribution in [1.29, 1.82) is 0 Å². The molecule has 9 heteroatoms. The van der Waals surface area contributed by atoms with Crippen LogP contribution in [0.4, 0.5) is 19.0 Å². The number of aryl methyl sites for hydroxylation is 1. The Morgan fingerprint density at radius 3 is 2.52 bits per heavy atom. The Bertz CT molecular complexity index is 750. The van der Waals surface area contributed by atoms with Gasteiger partial charge in [0.15, 0.2) is 11.5 Å². The average molecular weight is 325 g/mol. The van der Waals surface area contributed by atoms with Crippen LogP contribution in [0.15, 0.2) is 29.1 Å². The number of aromatic nitrogens is 4. The topological polar surface area (TPSA) is 63.9 Å². The highest BCUT2D eigenvalue weighted by molar-refractivity contribution is 5.40. The lowest BCUT2D eigenvalue weighted by Gasteiger charge is -2.39. The summed E-state index contributed by atoms with van der Waals surface area (Å²) in [6.07, 6.45) is -4.49. The van der Waals surface area contributed by atoms with Gasteiger partial charge in [0.05, 0.1) is 12.2 Å². The maximum absolute atomic E-state index is 12.4. The van der Waals surface area contributed by atoms with Crippen LogP contribution >= 0.6 is 0 Å². The number of anilines is 1. The second-order valence-corrected chi connectivity index (χ2v) is 5.54. The lowest BCUT2D eigenvalue weighted by Crippen LogP contribution is -2.50. The largest absolute Gasteiger partial charge is 0.435 e. The molecule has 3 rings (SSSR count). The first-order valence-corrected chi connectivity index (χ1v) is 7.03. The first-order valence-electron chi connectivity index (χ1n) is 7.03. The second-order valence-electron chi connectivity index (χ2n) is 5.54. The standard InChI is InChI=1S/C14H14F3N5O/c1-9-2-5-13(23)22(20-9)8-10-6-21(7-10)12-4-3-11(18-19-12)14(15,16)17/h2-5,10H,6-8H2,1H3. The van der Waals surface area contributed by atoms with Crippen LogP contribution in [0.1, 0.15) is 11.4 Å². The Labute approximate surface area is 129 Å². The molecule has 3 heterocycles. The molecule has 6 nitrogen and oxygen atoms in total. The van der Waals surface area contributed by atoms with E-state index in [2.05, 4.69) is 15.3 Å². The fraction of sp³-hybridized carbons (Fsp3) is 0.429. The number of hydrogen-bond acceptors (Lipinski definition) is 5. The maximum atomic E-state index is 12.4. The Morgan fingerprint density at radius 1 is 1.17 bits per heavy atom. The molecule has 1 saturated heterocycles. The second kappa shape index (κ2) is 5.64. The third-order valence-electron chi connectivity index (χ3n) is 3.65. The molecule has 0 aromatic carbocycles. The van der Waals surface area contributed by atoms with Crippen molar-refractivity contribution < 1.29 is 13.2 Å². The zero-order chi connectivity index (χ0) is 16.6. The van der Waals surface area contributed by atoms with Crippen LogP contribution < -0.4 is 10.5 Å². The molecule has 23 heavy (non-hydrogen) atoms. The van der Waals surface area contributed by atoms with Gasteiger partial charge >= 0.3 is 6.18 Å². The molecular weight excluding hydrogens is 311 g/mol. The van der Waals surface area contributed by atoms with E-state index in [1.807, 2.05) is 4.90 Å². The quantitative estimate of drug-likeness (QED) is 0.856. The molecule has 0 saturated carbocycles. The van der Waals surface area contributed by atoms with E-state index in [-0.39, 0.29) is 11.5 Å². The lowest BCUT2D eigenvalue weighted by molar-refractivity contribution is -0.141. The molecule has 0 radical (unpaired) electrons. The highest BCUT2D eigenvalue weighted by Crippen LogP contribution is 2.29. The van der Waals surface area contributed by atoms with Gasteiger partial charge in [0, 0.05) is 25.1 Å². The minimum absolute atomic E-state index is 0.164. The Kier molecular flexibility index (Phi) is 3.78. The Hall–Kier alpha value is -2.45. The zero-order valence-electron chi connectivity index (χ0n) is 12.3. The van der Waals surface area contributed by atoms with Gasteiger partial charge < -0.3 is 4.90 Å². The predicted molar refractivity (Wildman–Crippen MR) is 76.0 cm³/mol. The Morgan fingerprint density at radius 2 is 1.91 bits per heavy atom. The number of alkyl halides is 3. The zero-order valence-corrected chi connectivity index (χ0v) is 12.3. The summed E-state index contributed by atoms with van der Waals surface area (Å²) < 4.78 is 38.7. The molecular formula is C14H14F3N5O. The van der Waals surface area contributed by atoms with E-state index in [0.29, 0.717) is 25.5 Å². The molecule has 2 aromatic heterocycles. The smallest absolute Gasteiger partial charge is 0.354 e. The van der Waals surface area contributed by atoms with Crippen LogP contribution in [0, 0.1) is 12.8 Å². The summed E-state index contributed by atoms with van der Waals surface area (Å²) in [5.41, 5.74) is -0.411. The van der Waals surface area contributed by atoms with Crippen LogP contribution in [0.2, 0.25) is 0 Å². The molecule has 1 fully saturated rings. The minimum Gasteiger partial charge on any atom is -0.354 e. The van der Waals surface area contributed by atoms with E-state index in [9.17, 15) is 18.0 Å². The van der Waals surface area contributed by atoms with Gasteiger partial charge in [0.2, 0.25) is 0 Å². The third kappa shape index (κ3) is 3.33. The molecule has 2 aromatic rings. The van der Waals surface area contributed by atoms with Gasteiger partial charge in [0.25, 0.3) is 5.56 Å². The van der Waals surface area contributed by atoms with Gasteiger partial charge in [-0.2, -0.15) is 18.3 Å². The highest BCUT2D eigenvalue weighted by Gasteiger charge is 2.34. The molecule has 0 aliphatic carbocycles. The average Bonchev–Trinajstić information content (AvgIpc) is 2.45. The molecule has 122 valence electrons. The van der Waals surface area contributed by atoms with Crippen LogP contribution in [0.5, 0.6) is 0 Å². The summed E-state index contributed by atoms with van der Waals surface area (Å²) in [5.74, 6) is 0.602. The predicted octanol–water partition coefficient (Wildman–Crippen LogP) is 1.50. The van der Waals surface area contributed by atoms with Crippen molar-refractivity contribution in [3.05, 3.63) is 46.0 Å². The van der Waals surface area contributed by atoms with Crippen LogP contribution in [0.25, 0.3) is 0 Å². The molecule has 1 aliphatic heterocycles. The molecule has 0 spiro atoms. The summed E-state index contributed by atoms with van der Waals surface area (Å²) >= 11 is 0. The van der Waals surface area contributed by atoms with Crippen molar-refractivity contribution in [3.63, 3.8) is 0 Å². The van der Waals surface area contributed by atoms with Crippen molar-refractivity contribution in [2.24, 2.45) is 5.92 Å². The van der Waals surface area contributed by atoms with Gasteiger partial charge in [-0.15, -0.1) is 10.2 Å². The SMILES string of the molecule is Cc1ccc(=O)n(CC2CN(c3ccc(C(F)(F)F)nn3)C2)n1.